The van der Waals surface area contributed by atoms with Gasteiger partial charge in [-0.3, -0.25) is 4.72 Å². The average Bonchev–Trinajstić information content (AvgIpc) is 2.74. The molecule has 6 nitrogen and oxygen atoms in total. The lowest BCUT2D eigenvalue weighted by Gasteiger charge is -2.05. The van der Waals surface area contributed by atoms with E-state index < -0.39 is 10.0 Å². The first-order valence-electron chi connectivity index (χ1n) is 5.49. The molecule has 0 radical (unpaired) electrons. The zero-order valence-corrected chi connectivity index (χ0v) is 14.3. The zero-order valence-electron chi connectivity index (χ0n) is 10.4. The highest BCUT2D eigenvalue weighted by Crippen LogP contribution is 2.27. The van der Waals surface area contributed by atoms with E-state index in [1.807, 2.05) is 0 Å². The minimum Gasteiger partial charge on any atom is -0.451 e. The Labute approximate surface area is 133 Å². The maximum absolute atomic E-state index is 12.3. The molecule has 2 aromatic heterocycles. The number of nitrogens with zero attached hydrogens (tertiary/aromatic N) is 1. The molecular formula is C11H11Br2N3O3S. The van der Waals surface area contributed by atoms with Crippen LogP contribution in [0, 0.1) is 0 Å². The van der Waals surface area contributed by atoms with Crippen molar-refractivity contribution in [3.8, 4) is 0 Å². The quantitative estimate of drug-likeness (QED) is 0.770. The first-order chi connectivity index (χ1) is 9.42. The van der Waals surface area contributed by atoms with Crippen molar-refractivity contribution in [2.45, 2.75) is 11.4 Å². The van der Waals surface area contributed by atoms with Gasteiger partial charge < -0.3 is 9.73 Å². The Morgan fingerprint density at radius 3 is 2.70 bits per heavy atom. The first-order valence-corrected chi connectivity index (χ1v) is 8.56. The second-order valence-corrected chi connectivity index (χ2v) is 7.13. The molecule has 2 N–H and O–H groups in total. The minimum atomic E-state index is -3.75. The molecule has 0 spiro atoms. The maximum Gasteiger partial charge on any atom is 0.267 e. The van der Waals surface area contributed by atoms with Crippen molar-refractivity contribution in [3.05, 3.63) is 39.3 Å². The molecule has 0 fully saturated rings. The molecule has 2 heterocycles. The van der Waals surface area contributed by atoms with Crippen molar-refractivity contribution >= 4 is 47.7 Å². The first kappa shape index (κ1) is 15.5. The smallest absolute Gasteiger partial charge is 0.267 e. The molecule has 0 aliphatic rings. The van der Waals surface area contributed by atoms with Crippen LogP contribution in [0.25, 0.3) is 0 Å². The Bertz CT molecular complexity index is 698. The number of aromatic nitrogens is 1. The number of nitrogens with one attached hydrogen (secondary N) is 2. The molecule has 0 atom stereocenters. The third-order valence-electron chi connectivity index (χ3n) is 2.31. The molecule has 0 amide bonds. The number of sulfonamides is 1. The molecule has 2 aromatic rings. The fourth-order valence-electron chi connectivity index (χ4n) is 1.47. The van der Waals surface area contributed by atoms with Gasteiger partial charge in [0, 0.05) is 16.7 Å². The van der Waals surface area contributed by atoms with Crippen molar-refractivity contribution in [1.82, 2.24) is 10.3 Å². The van der Waals surface area contributed by atoms with Crippen LogP contribution in [-0.2, 0) is 16.6 Å². The van der Waals surface area contributed by atoms with Crippen LogP contribution >= 0.6 is 31.9 Å². The van der Waals surface area contributed by atoms with Gasteiger partial charge >= 0.3 is 0 Å². The van der Waals surface area contributed by atoms with Crippen LogP contribution in [0.15, 0.2) is 42.9 Å². The molecule has 0 unspecified atom stereocenters. The summed E-state index contributed by atoms with van der Waals surface area (Å²) < 4.78 is 33.1. The normalized spacial score (nSPS) is 11.6. The predicted molar refractivity (Wildman–Crippen MR) is 81.9 cm³/mol. The van der Waals surface area contributed by atoms with Crippen molar-refractivity contribution in [1.29, 1.82) is 0 Å². The summed E-state index contributed by atoms with van der Waals surface area (Å²) in [5.74, 6) is 0.750. The number of anilines is 1. The summed E-state index contributed by atoms with van der Waals surface area (Å²) >= 11 is 6.34. The molecule has 0 aliphatic carbocycles. The maximum atomic E-state index is 12.3. The van der Waals surface area contributed by atoms with Gasteiger partial charge in [-0.25, -0.2) is 13.4 Å². The summed E-state index contributed by atoms with van der Waals surface area (Å²) in [6.07, 6.45) is 1.51. The van der Waals surface area contributed by atoms with Gasteiger partial charge in [-0.2, -0.15) is 0 Å². The van der Waals surface area contributed by atoms with Gasteiger partial charge in [0.15, 0.2) is 4.67 Å². The summed E-state index contributed by atoms with van der Waals surface area (Å²) in [6, 6.07) is 4.72. The number of hydrogen-bond acceptors (Lipinski definition) is 5. The number of furan rings is 1. The molecule has 9 heteroatoms. The van der Waals surface area contributed by atoms with Crippen LogP contribution < -0.4 is 10.0 Å². The van der Waals surface area contributed by atoms with E-state index in [-0.39, 0.29) is 15.4 Å². The third kappa shape index (κ3) is 3.60. The summed E-state index contributed by atoms with van der Waals surface area (Å²) in [5.41, 5.74) is 0. The van der Waals surface area contributed by atoms with E-state index in [4.69, 9.17) is 4.42 Å². The summed E-state index contributed by atoms with van der Waals surface area (Å²) in [7, 11) is -2.01. The van der Waals surface area contributed by atoms with E-state index in [0.717, 1.165) is 4.47 Å². The van der Waals surface area contributed by atoms with Gasteiger partial charge in [0.05, 0.1) is 6.54 Å². The topological polar surface area (TPSA) is 84.2 Å². The van der Waals surface area contributed by atoms with Crippen LogP contribution in [0.2, 0.25) is 0 Å². The van der Waals surface area contributed by atoms with Crippen LogP contribution in [0.3, 0.4) is 0 Å². The van der Waals surface area contributed by atoms with Crippen molar-refractivity contribution in [2.24, 2.45) is 0 Å². The highest BCUT2D eigenvalue weighted by Gasteiger charge is 2.22. The standard InChI is InChI=1S/C11H11Br2N3O3S/c1-14-6-8-4-9(11(13)19-8)20(17,18)16-10-3-2-7(12)5-15-10/h2-5,14H,6H2,1H3,(H,15,16). The van der Waals surface area contributed by atoms with E-state index in [1.54, 1.807) is 19.2 Å². The van der Waals surface area contributed by atoms with E-state index in [9.17, 15) is 8.42 Å². The van der Waals surface area contributed by atoms with E-state index in [2.05, 4.69) is 46.9 Å². The van der Waals surface area contributed by atoms with Crippen molar-refractivity contribution in [2.75, 3.05) is 11.8 Å². The Hall–Kier alpha value is -0.900. The number of hydrogen-bond donors (Lipinski definition) is 2. The molecular weight excluding hydrogens is 414 g/mol. The molecule has 0 saturated heterocycles. The molecule has 0 bridgehead atoms. The van der Waals surface area contributed by atoms with Gasteiger partial charge in [-0.15, -0.1) is 0 Å². The predicted octanol–water partition coefficient (Wildman–Crippen LogP) is 2.72. The van der Waals surface area contributed by atoms with E-state index >= 15 is 0 Å². The molecule has 0 aliphatic heterocycles. The van der Waals surface area contributed by atoms with Gasteiger partial charge in [0.2, 0.25) is 0 Å². The van der Waals surface area contributed by atoms with Crippen LogP contribution in [0.1, 0.15) is 5.76 Å². The Morgan fingerprint density at radius 2 is 2.10 bits per heavy atom. The monoisotopic (exact) mass is 423 g/mol. The highest BCUT2D eigenvalue weighted by molar-refractivity contribution is 9.10. The number of halogens is 2. The van der Waals surface area contributed by atoms with Crippen LogP contribution in [0.4, 0.5) is 5.82 Å². The van der Waals surface area contributed by atoms with Gasteiger partial charge in [-0.1, -0.05) is 0 Å². The molecule has 0 aromatic carbocycles. The summed E-state index contributed by atoms with van der Waals surface area (Å²) in [6.45, 7) is 0.435. The fraction of sp³-hybridized carbons (Fsp3) is 0.182. The lowest BCUT2D eigenvalue weighted by atomic mass is 10.4. The summed E-state index contributed by atoms with van der Waals surface area (Å²) in [4.78, 5) is 4.00. The zero-order chi connectivity index (χ0) is 14.8. The number of pyridine rings is 1. The highest BCUT2D eigenvalue weighted by atomic mass is 79.9. The Morgan fingerprint density at radius 1 is 1.35 bits per heavy atom. The second-order valence-electron chi connectivity index (χ2n) is 3.85. The lowest BCUT2D eigenvalue weighted by molar-refractivity contribution is 0.470. The van der Waals surface area contributed by atoms with E-state index in [1.165, 1.54) is 12.3 Å². The van der Waals surface area contributed by atoms with Gasteiger partial charge in [-0.05, 0) is 51.0 Å². The third-order valence-corrected chi connectivity index (χ3v) is 4.99. The molecule has 20 heavy (non-hydrogen) atoms. The summed E-state index contributed by atoms with van der Waals surface area (Å²) in [5, 5.41) is 2.88. The van der Waals surface area contributed by atoms with Crippen LogP contribution in [-0.4, -0.2) is 20.4 Å². The minimum absolute atomic E-state index is 0.0347. The van der Waals surface area contributed by atoms with Crippen LogP contribution in [0.5, 0.6) is 0 Å². The van der Waals surface area contributed by atoms with Crippen molar-refractivity contribution < 1.29 is 12.8 Å². The largest absolute Gasteiger partial charge is 0.451 e. The average molecular weight is 425 g/mol. The SMILES string of the molecule is CNCc1cc(S(=O)(=O)Nc2ccc(Br)cn2)c(Br)o1. The lowest BCUT2D eigenvalue weighted by Crippen LogP contribution is -2.13. The Balaban J connectivity index is 2.28. The van der Waals surface area contributed by atoms with Gasteiger partial charge in [0.25, 0.3) is 10.0 Å². The fourth-order valence-corrected chi connectivity index (χ4v) is 3.71. The van der Waals surface area contributed by atoms with E-state index in [0.29, 0.717) is 12.3 Å². The number of rotatable bonds is 5. The molecule has 0 saturated carbocycles. The molecule has 2 rings (SSSR count). The van der Waals surface area contributed by atoms with Crippen molar-refractivity contribution in [3.63, 3.8) is 0 Å². The Kier molecular flexibility index (Phi) is 4.84. The second kappa shape index (κ2) is 6.25. The van der Waals surface area contributed by atoms with Gasteiger partial charge in [0.1, 0.15) is 16.5 Å². The molecule has 108 valence electrons.